The number of ether oxygens (including phenoxy) is 3. The molecule has 0 fully saturated rings. The minimum Gasteiger partial charge on any atom is -0.490 e. The lowest BCUT2D eigenvalue weighted by atomic mass is 10.2. The van der Waals surface area contributed by atoms with E-state index < -0.39 is 42.5 Å². The number of hydrazone groups is 1. The summed E-state index contributed by atoms with van der Waals surface area (Å²) < 4.78 is 91.6. The van der Waals surface area contributed by atoms with E-state index in [4.69, 9.17) is 15.2 Å². The highest BCUT2D eigenvalue weighted by atomic mass is 19.4. The number of hydrogen-bond donors (Lipinski definition) is 3. The average molecular weight is 595 g/mol. The molecule has 0 unspecified atom stereocenters. The van der Waals surface area contributed by atoms with Gasteiger partial charge in [-0.25, -0.2) is 4.79 Å². The molecular weight excluding hydrogens is 566 g/mol. The number of nitrogens with one attached hydrogen (secondary N) is 2. The number of esters is 1. The summed E-state index contributed by atoms with van der Waals surface area (Å²) in [6, 6.07) is 9.11. The zero-order valence-corrected chi connectivity index (χ0v) is 22.1. The van der Waals surface area contributed by atoms with Crippen LogP contribution in [0.5, 0.6) is 17.2 Å². The molecule has 17 heteroatoms. The van der Waals surface area contributed by atoms with Crippen LogP contribution in [0.3, 0.4) is 0 Å². The van der Waals surface area contributed by atoms with E-state index in [1.54, 1.807) is 6.92 Å². The first-order valence-electron chi connectivity index (χ1n) is 11.8. The second-order valence-corrected chi connectivity index (χ2v) is 8.31. The third-order valence-electron chi connectivity index (χ3n) is 4.78. The van der Waals surface area contributed by atoms with Gasteiger partial charge in [0.15, 0.2) is 17.3 Å². The van der Waals surface area contributed by atoms with Crippen molar-refractivity contribution in [1.82, 2.24) is 15.8 Å². The molecule has 0 saturated carbocycles. The lowest BCUT2D eigenvalue weighted by Gasteiger charge is -2.22. The number of alkyl halides is 6. The van der Waals surface area contributed by atoms with Crippen molar-refractivity contribution in [3.05, 3.63) is 48.0 Å². The molecule has 226 valence electrons. The van der Waals surface area contributed by atoms with Gasteiger partial charge >= 0.3 is 18.4 Å². The van der Waals surface area contributed by atoms with Gasteiger partial charge in [-0.1, -0.05) is 12.1 Å². The third kappa shape index (κ3) is 11.0. The summed E-state index contributed by atoms with van der Waals surface area (Å²) >= 11 is 0. The van der Waals surface area contributed by atoms with Crippen LogP contribution >= 0.6 is 0 Å². The first-order chi connectivity index (χ1) is 19.1. The average Bonchev–Trinajstić information content (AvgIpc) is 2.87. The number of carbonyl (C=O) groups excluding carboxylic acids is 2. The lowest BCUT2D eigenvalue weighted by molar-refractivity contribution is -0.189. The van der Waals surface area contributed by atoms with Crippen LogP contribution in [0, 0.1) is 0 Å². The maximum atomic E-state index is 12.8. The molecular formula is C24H28F6N6O5. The number of hydrogen-bond acceptors (Lipinski definition) is 9. The second kappa shape index (κ2) is 14.4. The first kappa shape index (κ1) is 33.0. The number of carbonyl (C=O) groups is 2. The Labute approximate surface area is 230 Å². The predicted octanol–water partition coefficient (Wildman–Crippen LogP) is 2.76. The van der Waals surface area contributed by atoms with Crippen molar-refractivity contribution in [2.75, 3.05) is 45.4 Å². The minimum absolute atomic E-state index is 0.0864. The monoisotopic (exact) mass is 594 g/mol. The third-order valence-corrected chi connectivity index (χ3v) is 4.78. The highest BCUT2D eigenvalue weighted by Crippen LogP contribution is 2.33. The summed E-state index contributed by atoms with van der Waals surface area (Å²) in [4.78, 5) is 25.6. The summed E-state index contributed by atoms with van der Waals surface area (Å²) in [5.41, 5.74) is 8.15. The van der Waals surface area contributed by atoms with Gasteiger partial charge in [0.2, 0.25) is 0 Å². The molecule has 2 aromatic carbocycles. The highest BCUT2D eigenvalue weighted by Gasteiger charge is 2.41. The van der Waals surface area contributed by atoms with Gasteiger partial charge in [-0.3, -0.25) is 15.2 Å². The van der Waals surface area contributed by atoms with Gasteiger partial charge in [-0.15, -0.1) is 5.43 Å². The quantitative estimate of drug-likeness (QED) is 0.0610. The van der Waals surface area contributed by atoms with E-state index in [9.17, 15) is 35.9 Å². The number of nitrogens with zero attached hydrogens (tertiary/aromatic N) is 3. The number of nitrogens with two attached hydrogens (primary N) is 1. The van der Waals surface area contributed by atoms with E-state index >= 15 is 0 Å². The molecule has 11 nitrogen and oxygen atoms in total. The normalized spacial score (nSPS) is 12.2. The van der Waals surface area contributed by atoms with Crippen LogP contribution in [0.2, 0.25) is 0 Å². The second-order valence-electron chi connectivity index (χ2n) is 8.31. The Morgan fingerprint density at radius 1 is 0.976 bits per heavy atom. The van der Waals surface area contributed by atoms with Gasteiger partial charge in [0.25, 0.3) is 5.91 Å². The van der Waals surface area contributed by atoms with Crippen LogP contribution in [0.1, 0.15) is 12.5 Å². The highest BCUT2D eigenvalue weighted by molar-refractivity contribution is 6.01. The smallest absolute Gasteiger partial charge is 0.490 e. The zero-order valence-electron chi connectivity index (χ0n) is 22.1. The van der Waals surface area contributed by atoms with E-state index in [1.165, 1.54) is 41.8 Å². The van der Waals surface area contributed by atoms with Crippen molar-refractivity contribution in [1.29, 1.82) is 0 Å². The number of hydrazine groups is 1. The van der Waals surface area contributed by atoms with Gasteiger partial charge < -0.3 is 24.8 Å². The van der Waals surface area contributed by atoms with Gasteiger partial charge in [0.05, 0.1) is 17.9 Å². The summed E-state index contributed by atoms with van der Waals surface area (Å²) in [6.45, 7) is 1.91. The molecule has 41 heavy (non-hydrogen) atoms. The summed E-state index contributed by atoms with van der Waals surface area (Å²) in [6.07, 6.45) is -10.2. The van der Waals surface area contributed by atoms with Crippen molar-refractivity contribution in [3.8, 4) is 17.2 Å². The molecule has 0 aromatic heterocycles. The maximum Gasteiger partial charge on any atom is 0.491 e. The standard InChI is InChI=1S/C24H28F6N6O5/c1-4-39-19-13-15(9-10-18(19)40-12-11-35(2)3)36(14-20(37)32-34-24(28,29)30)33-21(31)16-7-5-6-8-17(16)41-22(38)23(25,26)27/h5-10,13,34H,4,11-12,14H2,1-3H3,(H2,31,33)(H,32,37). The molecule has 0 saturated heterocycles. The van der Waals surface area contributed by atoms with E-state index in [2.05, 4.69) is 9.84 Å². The number of likely N-dealkylation sites (N-methyl/N-ethyl adjacent to an activating group) is 1. The van der Waals surface area contributed by atoms with Crippen LogP contribution in [0.4, 0.5) is 32.0 Å². The number of para-hydroxylation sites is 1. The van der Waals surface area contributed by atoms with E-state index in [1.807, 2.05) is 19.0 Å². The molecule has 1 amide bonds. The Bertz CT molecular complexity index is 1220. The topological polar surface area (TPSA) is 131 Å². The Balaban J connectivity index is 2.49. The lowest BCUT2D eigenvalue weighted by Crippen LogP contribution is -2.49. The molecule has 0 atom stereocenters. The molecule has 2 rings (SSSR count). The largest absolute Gasteiger partial charge is 0.491 e. The number of halogens is 6. The van der Waals surface area contributed by atoms with E-state index in [0.29, 0.717) is 18.9 Å². The molecule has 0 aliphatic rings. The fourth-order valence-electron chi connectivity index (χ4n) is 2.99. The van der Waals surface area contributed by atoms with Gasteiger partial charge in [0, 0.05) is 12.6 Å². The summed E-state index contributed by atoms with van der Waals surface area (Å²) in [5, 5.41) is 4.90. The number of benzene rings is 2. The van der Waals surface area contributed by atoms with Gasteiger partial charge in [-0.05, 0) is 45.3 Å². The number of anilines is 1. The van der Waals surface area contributed by atoms with Crippen LogP contribution in [-0.2, 0) is 9.59 Å². The summed E-state index contributed by atoms with van der Waals surface area (Å²) in [5.74, 6) is -4.33. The predicted molar refractivity (Wildman–Crippen MR) is 135 cm³/mol. The number of rotatable bonds is 13. The molecule has 0 radical (unpaired) electrons. The number of amidine groups is 1. The molecule has 0 aliphatic carbocycles. The number of amides is 1. The first-order valence-corrected chi connectivity index (χ1v) is 11.8. The molecule has 0 heterocycles. The minimum atomic E-state index is -5.30. The van der Waals surface area contributed by atoms with Crippen molar-refractivity contribution >= 4 is 23.4 Å². The van der Waals surface area contributed by atoms with Gasteiger partial charge in [0.1, 0.15) is 18.9 Å². The molecule has 0 aliphatic heterocycles. The van der Waals surface area contributed by atoms with Crippen LogP contribution < -0.4 is 35.8 Å². The zero-order chi connectivity index (χ0) is 30.8. The fourth-order valence-corrected chi connectivity index (χ4v) is 2.99. The maximum absolute atomic E-state index is 12.8. The van der Waals surface area contributed by atoms with Crippen molar-refractivity contribution in [2.24, 2.45) is 10.8 Å². The van der Waals surface area contributed by atoms with Crippen molar-refractivity contribution < 1.29 is 50.1 Å². The molecule has 2 aromatic rings. The fraction of sp³-hybridized carbons (Fsp3) is 0.375. The van der Waals surface area contributed by atoms with Crippen LogP contribution in [-0.4, -0.2) is 75.5 Å². The Kier molecular flexibility index (Phi) is 11.6. The Morgan fingerprint density at radius 2 is 1.66 bits per heavy atom. The Morgan fingerprint density at radius 3 is 2.27 bits per heavy atom. The van der Waals surface area contributed by atoms with E-state index in [0.717, 1.165) is 16.5 Å². The van der Waals surface area contributed by atoms with E-state index in [-0.39, 0.29) is 23.6 Å². The van der Waals surface area contributed by atoms with Crippen LogP contribution in [0.25, 0.3) is 0 Å². The van der Waals surface area contributed by atoms with Crippen molar-refractivity contribution in [3.63, 3.8) is 0 Å². The molecule has 0 spiro atoms. The van der Waals surface area contributed by atoms with Gasteiger partial charge in [-0.2, -0.15) is 31.4 Å². The molecule has 4 N–H and O–H groups in total. The van der Waals surface area contributed by atoms with Crippen LogP contribution in [0.15, 0.2) is 47.6 Å². The summed E-state index contributed by atoms with van der Waals surface area (Å²) in [7, 11) is 3.69. The van der Waals surface area contributed by atoms with Crippen molar-refractivity contribution in [2.45, 2.75) is 19.4 Å². The SMILES string of the molecule is CCOc1cc(N(CC(=O)NNC(F)(F)F)/N=C(\N)c2ccccc2OC(=O)C(F)(F)F)ccc1OCCN(C)C. The Hall–Kier alpha value is -4.25. The molecule has 0 bridgehead atoms.